The Morgan fingerprint density at radius 1 is 1.16 bits per heavy atom. The smallest absolute Gasteiger partial charge is 0.280 e. The molecule has 0 saturated heterocycles. The summed E-state index contributed by atoms with van der Waals surface area (Å²) < 4.78 is 0. The highest BCUT2D eigenvalue weighted by atomic mass is 35.5. The second-order valence-corrected chi connectivity index (χ2v) is 6.24. The topological polar surface area (TPSA) is 71.3 Å². The van der Waals surface area contributed by atoms with Crippen molar-refractivity contribution in [3.05, 3.63) is 52.6 Å². The van der Waals surface area contributed by atoms with Gasteiger partial charge in [0.1, 0.15) is 5.39 Å². The monoisotopic (exact) mass is 360 g/mol. The minimum Gasteiger partial charge on any atom is -0.380 e. The van der Waals surface area contributed by atoms with Gasteiger partial charge in [0, 0.05) is 24.0 Å². The van der Waals surface area contributed by atoms with Crippen LogP contribution in [0.4, 0.5) is 11.4 Å². The molecule has 25 heavy (non-hydrogen) atoms. The van der Waals surface area contributed by atoms with E-state index >= 15 is 0 Å². The van der Waals surface area contributed by atoms with Crippen molar-refractivity contribution in [2.45, 2.75) is 13.0 Å². The van der Waals surface area contributed by atoms with Crippen LogP contribution in [-0.4, -0.2) is 41.5 Å². The average Bonchev–Trinajstić information content (AvgIpc) is 2.53. The van der Waals surface area contributed by atoms with Crippen LogP contribution >= 0.6 is 12.4 Å². The van der Waals surface area contributed by atoms with Crippen LogP contribution < -0.4 is 5.32 Å². The predicted octanol–water partition coefficient (Wildman–Crippen LogP) is 4.08. The highest BCUT2D eigenvalue weighted by molar-refractivity contribution is 6.11. The Morgan fingerprint density at radius 2 is 1.84 bits per heavy atom. The molecule has 0 aliphatic carbocycles. The number of pyridine rings is 1. The minimum atomic E-state index is -0.347. The van der Waals surface area contributed by atoms with Crippen LogP contribution in [0.2, 0.25) is 0 Å². The summed E-state index contributed by atoms with van der Waals surface area (Å²) in [6.07, 6.45) is 0. The molecule has 132 valence electrons. The number of hydrogen-bond donors (Lipinski definition) is 1. The molecule has 1 atom stereocenters. The zero-order valence-electron chi connectivity index (χ0n) is 14.4. The van der Waals surface area contributed by atoms with Crippen LogP contribution in [0.5, 0.6) is 0 Å². The van der Waals surface area contributed by atoms with Crippen molar-refractivity contribution in [3.63, 3.8) is 0 Å². The van der Waals surface area contributed by atoms with Gasteiger partial charge in [0.2, 0.25) is 0 Å². The van der Waals surface area contributed by atoms with Gasteiger partial charge in [-0.25, -0.2) is 4.98 Å². The summed E-state index contributed by atoms with van der Waals surface area (Å²) in [6.45, 7) is 2.88. The lowest BCUT2D eigenvalue weighted by Crippen LogP contribution is -2.29. The molecule has 2 aromatic carbocycles. The van der Waals surface area contributed by atoms with Gasteiger partial charge in [-0.05, 0) is 33.2 Å². The average molecular weight is 361 g/mol. The van der Waals surface area contributed by atoms with Crippen LogP contribution in [0, 0.1) is 10.1 Å². The Kier molecular flexibility index (Phi) is 5.77. The number of para-hydroxylation sites is 1. The molecule has 3 rings (SSSR count). The molecule has 0 fully saturated rings. The molecular formula is C18H21ClN4O2. The van der Waals surface area contributed by atoms with E-state index in [4.69, 9.17) is 0 Å². The first-order chi connectivity index (χ1) is 11.5. The van der Waals surface area contributed by atoms with Gasteiger partial charge in [-0.3, -0.25) is 10.1 Å². The quantitative estimate of drug-likeness (QED) is 0.421. The van der Waals surface area contributed by atoms with Gasteiger partial charge in [-0.15, -0.1) is 12.4 Å². The van der Waals surface area contributed by atoms with Gasteiger partial charge in [0.25, 0.3) is 5.69 Å². The molecule has 0 aliphatic rings. The van der Waals surface area contributed by atoms with E-state index in [1.165, 1.54) is 6.07 Å². The number of anilines is 1. The molecule has 6 nitrogen and oxygen atoms in total. The number of likely N-dealkylation sites (N-methyl/N-ethyl adjacent to an activating group) is 1. The van der Waals surface area contributed by atoms with E-state index in [0.29, 0.717) is 10.9 Å². The molecule has 1 heterocycles. The normalized spacial score (nSPS) is 12.2. The zero-order valence-corrected chi connectivity index (χ0v) is 15.2. The van der Waals surface area contributed by atoms with Crippen LogP contribution in [0.25, 0.3) is 21.8 Å². The molecule has 0 saturated carbocycles. The third kappa shape index (κ3) is 3.81. The highest BCUT2D eigenvalue weighted by Crippen LogP contribution is 2.36. The highest BCUT2D eigenvalue weighted by Gasteiger charge is 2.20. The summed E-state index contributed by atoms with van der Waals surface area (Å²) in [4.78, 5) is 17.8. The third-order valence-corrected chi connectivity index (χ3v) is 3.91. The van der Waals surface area contributed by atoms with E-state index in [-0.39, 0.29) is 29.1 Å². The Hall–Kier alpha value is -2.44. The van der Waals surface area contributed by atoms with Crippen molar-refractivity contribution >= 4 is 45.6 Å². The standard InChI is InChI=1S/C18H20N4O2.ClH/c1-12(11-21(2)3)19-18-13-7-4-5-8-14(13)20-15-9-6-10-16(17(15)18)22(23)24;/h4-10,12H,11H2,1-3H3,(H,19,20);1H. The first kappa shape index (κ1) is 18.9. The lowest BCUT2D eigenvalue weighted by atomic mass is 10.1. The van der Waals surface area contributed by atoms with E-state index in [2.05, 4.69) is 22.1 Å². The Labute approximate surface area is 152 Å². The molecule has 7 heteroatoms. The SMILES string of the molecule is CC(CN(C)C)Nc1c2ccccc2nc2cccc([N+](=O)[O-])c12.Cl. The summed E-state index contributed by atoms with van der Waals surface area (Å²) in [5, 5.41) is 16.4. The molecule has 1 aromatic heterocycles. The Morgan fingerprint density at radius 3 is 2.52 bits per heavy atom. The lowest BCUT2D eigenvalue weighted by Gasteiger charge is -2.21. The molecule has 0 radical (unpaired) electrons. The van der Waals surface area contributed by atoms with Crippen molar-refractivity contribution in [1.29, 1.82) is 0 Å². The number of non-ortho nitro benzene ring substituents is 1. The van der Waals surface area contributed by atoms with Crippen LogP contribution in [0.1, 0.15) is 6.92 Å². The maximum absolute atomic E-state index is 11.5. The van der Waals surface area contributed by atoms with Crippen molar-refractivity contribution < 1.29 is 4.92 Å². The van der Waals surface area contributed by atoms with Gasteiger partial charge in [0.05, 0.1) is 21.6 Å². The van der Waals surface area contributed by atoms with Crippen LogP contribution in [-0.2, 0) is 0 Å². The maximum Gasteiger partial charge on any atom is 0.280 e. The van der Waals surface area contributed by atoms with Gasteiger partial charge in [0.15, 0.2) is 0 Å². The van der Waals surface area contributed by atoms with Crippen molar-refractivity contribution in [2.75, 3.05) is 26.0 Å². The fourth-order valence-electron chi connectivity index (χ4n) is 3.07. The summed E-state index contributed by atoms with van der Waals surface area (Å²) in [6, 6.07) is 12.9. The molecule has 3 aromatic rings. The molecule has 0 amide bonds. The molecule has 1 N–H and O–H groups in total. The van der Waals surface area contributed by atoms with Gasteiger partial charge in [-0.2, -0.15) is 0 Å². The number of benzene rings is 2. The Bertz CT molecular complexity index is 914. The van der Waals surface area contributed by atoms with Gasteiger partial charge >= 0.3 is 0 Å². The number of aromatic nitrogens is 1. The van der Waals surface area contributed by atoms with Crippen molar-refractivity contribution in [3.8, 4) is 0 Å². The fourth-order valence-corrected chi connectivity index (χ4v) is 3.07. The Balaban J connectivity index is 0.00000225. The number of nitrogens with zero attached hydrogens (tertiary/aromatic N) is 3. The van der Waals surface area contributed by atoms with Gasteiger partial charge < -0.3 is 10.2 Å². The summed E-state index contributed by atoms with van der Waals surface area (Å²) in [7, 11) is 4.01. The van der Waals surface area contributed by atoms with Crippen molar-refractivity contribution in [1.82, 2.24) is 9.88 Å². The summed E-state index contributed by atoms with van der Waals surface area (Å²) >= 11 is 0. The number of nitro groups is 1. The first-order valence-corrected chi connectivity index (χ1v) is 7.84. The minimum absolute atomic E-state index is 0. The predicted molar refractivity (Wildman–Crippen MR) is 105 cm³/mol. The molecule has 0 aliphatic heterocycles. The van der Waals surface area contributed by atoms with Gasteiger partial charge in [-0.1, -0.05) is 24.3 Å². The van der Waals surface area contributed by atoms with Crippen LogP contribution in [0.3, 0.4) is 0 Å². The zero-order chi connectivity index (χ0) is 17.3. The molecular weight excluding hydrogens is 340 g/mol. The van der Waals surface area contributed by atoms with E-state index in [0.717, 1.165) is 23.1 Å². The molecule has 0 spiro atoms. The van der Waals surface area contributed by atoms with Crippen molar-refractivity contribution in [2.24, 2.45) is 0 Å². The number of nitrogens with one attached hydrogen (secondary N) is 1. The number of halogens is 1. The van der Waals surface area contributed by atoms with E-state index < -0.39 is 0 Å². The number of fused-ring (bicyclic) bond motifs is 2. The van der Waals surface area contributed by atoms with Crippen LogP contribution in [0.15, 0.2) is 42.5 Å². The largest absolute Gasteiger partial charge is 0.380 e. The number of rotatable bonds is 5. The summed E-state index contributed by atoms with van der Waals surface area (Å²) in [5.41, 5.74) is 2.30. The fraction of sp³-hybridized carbons (Fsp3) is 0.278. The first-order valence-electron chi connectivity index (χ1n) is 7.84. The molecule has 1 unspecified atom stereocenters. The number of nitro benzene ring substituents is 1. The number of hydrogen-bond acceptors (Lipinski definition) is 5. The third-order valence-electron chi connectivity index (χ3n) is 3.91. The maximum atomic E-state index is 11.5. The molecule has 0 bridgehead atoms. The second kappa shape index (κ2) is 7.63. The summed E-state index contributed by atoms with van der Waals surface area (Å²) in [5.74, 6) is 0. The van der Waals surface area contributed by atoms with E-state index in [1.807, 2.05) is 44.4 Å². The van der Waals surface area contributed by atoms with E-state index in [9.17, 15) is 10.1 Å². The van der Waals surface area contributed by atoms with E-state index in [1.54, 1.807) is 6.07 Å². The lowest BCUT2D eigenvalue weighted by molar-refractivity contribution is -0.383. The second-order valence-electron chi connectivity index (χ2n) is 6.24.